The maximum Gasteiger partial charge on any atom is 0.220 e. The van der Waals surface area contributed by atoms with Crippen molar-refractivity contribution in [3.63, 3.8) is 0 Å². The lowest BCUT2D eigenvalue weighted by Crippen LogP contribution is -2.29. The number of nitrogens with two attached hydrogens (primary N) is 2. The molecule has 0 atom stereocenters. The van der Waals surface area contributed by atoms with Gasteiger partial charge >= 0.3 is 0 Å². The second kappa shape index (κ2) is 35.7. The number of carbonyl (C=O) groups excluding carboxylic acids is 4. The number of halogens is 2. The fraction of sp³-hybridized carbons (Fsp3) is 0.818. The van der Waals surface area contributed by atoms with E-state index in [0.717, 1.165) is 40.9 Å². The van der Waals surface area contributed by atoms with Gasteiger partial charge in [-0.05, 0) is 12.8 Å². The molecule has 238 valence electrons. The predicted molar refractivity (Wildman–Crippen MR) is 187 cm³/mol. The van der Waals surface area contributed by atoms with Crippen molar-refractivity contribution in [1.82, 2.24) is 21.3 Å². The van der Waals surface area contributed by atoms with E-state index in [9.17, 15) is 19.2 Å². The van der Waals surface area contributed by atoms with Gasteiger partial charge in [0.05, 0.1) is 0 Å². The molecule has 10 nitrogen and oxygen atoms in total. The Balaban J connectivity index is -0.00000684. The molecule has 0 bridgehead atoms. The van der Waals surface area contributed by atoms with Crippen molar-refractivity contribution in [2.75, 3.05) is 73.8 Å². The zero-order chi connectivity index (χ0) is 28.1. The first-order valence-electron chi connectivity index (χ1n) is 12.7. The molecule has 0 aliphatic heterocycles. The average molecular weight is 722 g/mol. The monoisotopic (exact) mass is 720 g/mol. The van der Waals surface area contributed by atoms with Gasteiger partial charge in [-0.2, -0.15) is 0 Å². The van der Waals surface area contributed by atoms with E-state index >= 15 is 0 Å². The van der Waals surface area contributed by atoms with Crippen molar-refractivity contribution >= 4 is 113 Å². The fourth-order valence-corrected chi connectivity index (χ4v) is 8.02. The molecule has 18 heteroatoms. The first-order valence-corrected chi connectivity index (χ1v) is 20.2. The Hall–Kier alpha value is 0.480. The summed E-state index contributed by atoms with van der Waals surface area (Å²) in [5.41, 5.74) is 10.8. The lowest BCUT2D eigenvalue weighted by molar-refractivity contribution is -0.126. The van der Waals surface area contributed by atoms with Gasteiger partial charge in [0.2, 0.25) is 23.6 Å². The van der Waals surface area contributed by atoms with Crippen LogP contribution in [0.1, 0.15) is 38.5 Å². The summed E-state index contributed by atoms with van der Waals surface area (Å²) in [7, 11) is 10.2. The Labute approximate surface area is 275 Å². The average Bonchev–Trinajstić information content (AvgIpc) is 2.90. The molecular formula is C22H46Cl2N6O4S6. The summed E-state index contributed by atoms with van der Waals surface area (Å²) < 4.78 is 0. The highest BCUT2D eigenvalue weighted by Crippen LogP contribution is 2.21. The summed E-state index contributed by atoms with van der Waals surface area (Å²) in [6.45, 7) is 3.70. The Morgan fingerprint density at radius 2 is 0.750 bits per heavy atom. The third-order valence-corrected chi connectivity index (χ3v) is 11.7. The molecular weight excluding hydrogens is 676 g/mol. The Morgan fingerprint density at radius 3 is 1.15 bits per heavy atom. The van der Waals surface area contributed by atoms with Crippen LogP contribution in [-0.2, 0) is 19.2 Å². The van der Waals surface area contributed by atoms with Gasteiger partial charge < -0.3 is 32.7 Å². The quantitative estimate of drug-likeness (QED) is 0.0543. The molecule has 0 saturated carbocycles. The highest BCUT2D eigenvalue weighted by atomic mass is 35.5. The zero-order valence-corrected chi connectivity index (χ0v) is 29.3. The van der Waals surface area contributed by atoms with Crippen LogP contribution in [0.3, 0.4) is 0 Å². The van der Waals surface area contributed by atoms with Crippen molar-refractivity contribution in [2.45, 2.75) is 38.5 Å². The Bertz CT molecular complexity index is 651. The highest BCUT2D eigenvalue weighted by molar-refractivity contribution is 8.77. The maximum atomic E-state index is 11.9. The fourth-order valence-electron chi connectivity index (χ4n) is 2.50. The largest absolute Gasteiger partial charge is 0.356 e. The molecule has 0 spiro atoms. The molecule has 0 aromatic heterocycles. The molecule has 0 aromatic carbocycles. The molecule has 4 amide bonds. The minimum absolute atomic E-state index is 0. The molecule has 40 heavy (non-hydrogen) atoms. The van der Waals surface area contributed by atoms with Gasteiger partial charge in [0.1, 0.15) is 0 Å². The molecule has 0 unspecified atom stereocenters. The molecule has 0 fully saturated rings. The van der Waals surface area contributed by atoms with Gasteiger partial charge in [-0.3, -0.25) is 19.2 Å². The maximum absolute atomic E-state index is 11.9. The Morgan fingerprint density at radius 1 is 0.425 bits per heavy atom. The van der Waals surface area contributed by atoms with Crippen molar-refractivity contribution in [1.29, 1.82) is 0 Å². The van der Waals surface area contributed by atoms with Crippen LogP contribution in [0.25, 0.3) is 0 Å². The van der Waals surface area contributed by atoms with E-state index in [0.29, 0.717) is 58.5 Å². The normalized spacial score (nSPS) is 10.2. The molecule has 0 rings (SSSR count). The van der Waals surface area contributed by atoms with Crippen LogP contribution in [0.4, 0.5) is 0 Å². The lowest BCUT2D eigenvalue weighted by Gasteiger charge is -2.07. The minimum atomic E-state index is -0.109. The van der Waals surface area contributed by atoms with Crippen molar-refractivity contribution in [2.24, 2.45) is 11.5 Å². The van der Waals surface area contributed by atoms with Gasteiger partial charge in [-0.25, -0.2) is 0 Å². The smallest absolute Gasteiger partial charge is 0.220 e. The Kier molecular flexibility index (Phi) is 40.1. The highest BCUT2D eigenvalue weighted by Gasteiger charge is 2.07. The molecule has 8 N–H and O–H groups in total. The molecule has 0 aromatic rings. The van der Waals surface area contributed by atoms with E-state index in [1.165, 1.54) is 0 Å². The summed E-state index contributed by atoms with van der Waals surface area (Å²) in [6.07, 6.45) is 2.48. The van der Waals surface area contributed by atoms with Gasteiger partial charge in [0.25, 0.3) is 0 Å². The van der Waals surface area contributed by atoms with Crippen LogP contribution in [0.15, 0.2) is 0 Å². The number of hydrogen-bond donors (Lipinski definition) is 6. The third kappa shape index (κ3) is 34.7. The predicted octanol–water partition coefficient (Wildman–Crippen LogP) is 2.70. The van der Waals surface area contributed by atoms with Gasteiger partial charge in [0.15, 0.2) is 0 Å². The molecule has 0 saturated heterocycles. The molecule has 0 radical (unpaired) electrons. The van der Waals surface area contributed by atoms with Crippen molar-refractivity contribution in [3.05, 3.63) is 0 Å². The van der Waals surface area contributed by atoms with Crippen LogP contribution in [0, 0.1) is 0 Å². The second-order valence-corrected chi connectivity index (χ2v) is 15.7. The topological polar surface area (TPSA) is 168 Å². The molecule has 0 aliphatic carbocycles. The van der Waals surface area contributed by atoms with Crippen LogP contribution in [0.5, 0.6) is 0 Å². The van der Waals surface area contributed by atoms with Crippen molar-refractivity contribution < 1.29 is 19.2 Å². The van der Waals surface area contributed by atoms with E-state index in [1.54, 1.807) is 64.8 Å². The van der Waals surface area contributed by atoms with E-state index in [4.69, 9.17) is 11.5 Å². The second-order valence-electron chi connectivity index (χ2n) is 7.62. The third-order valence-electron chi connectivity index (χ3n) is 4.29. The summed E-state index contributed by atoms with van der Waals surface area (Å²) >= 11 is 0. The standard InChI is InChI=1S/C22H44N6O4S6.2ClH/c23-7-14-34-37-17-11-27-20(30)4-1-3-19(29)26-10-16-36-33-13-2-9-25-21(31)5-6-22(32)28-12-18-38-35-15-8-24;;/h1-18,23-24H2,(H,25,31)(H,26,29)(H,27,30)(H,28,32);2*1H. The van der Waals surface area contributed by atoms with E-state index in [-0.39, 0.29) is 61.3 Å². The number of carbonyl (C=O) groups is 4. The van der Waals surface area contributed by atoms with E-state index < -0.39 is 0 Å². The van der Waals surface area contributed by atoms with Crippen LogP contribution in [0.2, 0.25) is 0 Å². The lowest BCUT2D eigenvalue weighted by atomic mass is 10.2. The van der Waals surface area contributed by atoms with Gasteiger partial charge in [-0.1, -0.05) is 64.8 Å². The number of hydrogen-bond acceptors (Lipinski definition) is 12. The number of rotatable bonds is 27. The number of nitrogens with one attached hydrogen (secondary N) is 4. The summed E-state index contributed by atoms with van der Waals surface area (Å²) in [5, 5.41) is 11.4. The molecule has 0 heterocycles. The first-order chi connectivity index (χ1) is 18.5. The van der Waals surface area contributed by atoms with Crippen molar-refractivity contribution in [3.8, 4) is 0 Å². The van der Waals surface area contributed by atoms with Gasteiger partial charge in [0, 0.05) is 99.5 Å². The first kappa shape index (κ1) is 44.9. The SMILES string of the molecule is Cl.Cl.NCCSSCCNC(=O)CCCC(=O)NCCSSCCCNC(=O)CCC(=O)NCCSSCCN. The van der Waals surface area contributed by atoms with Gasteiger partial charge in [-0.15, -0.1) is 24.8 Å². The van der Waals surface area contributed by atoms with E-state index in [2.05, 4.69) is 21.3 Å². The van der Waals surface area contributed by atoms with E-state index in [1.807, 2.05) is 0 Å². The summed E-state index contributed by atoms with van der Waals surface area (Å²) in [5.74, 6) is 4.89. The summed E-state index contributed by atoms with van der Waals surface area (Å²) in [6, 6.07) is 0. The molecule has 0 aliphatic rings. The summed E-state index contributed by atoms with van der Waals surface area (Å²) in [4.78, 5) is 47.2. The van der Waals surface area contributed by atoms with Crippen LogP contribution >= 0.6 is 89.6 Å². The zero-order valence-electron chi connectivity index (χ0n) is 22.8. The minimum Gasteiger partial charge on any atom is -0.356 e. The van der Waals surface area contributed by atoms with Crippen LogP contribution < -0.4 is 32.7 Å². The number of amides is 4. The van der Waals surface area contributed by atoms with Crippen LogP contribution in [-0.4, -0.2) is 97.4 Å².